The number of rotatable bonds is 6. The second kappa shape index (κ2) is 7.73. The van der Waals surface area contributed by atoms with E-state index in [0.717, 1.165) is 11.1 Å². The van der Waals surface area contributed by atoms with Crippen LogP contribution in [0.3, 0.4) is 0 Å². The molecule has 148 valence electrons. The van der Waals surface area contributed by atoms with Gasteiger partial charge in [0.15, 0.2) is 0 Å². The molecule has 2 unspecified atom stereocenters. The smallest absolute Gasteiger partial charge is 0.322 e. The van der Waals surface area contributed by atoms with Gasteiger partial charge in [-0.05, 0) is 49.1 Å². The van der Waals surface area contributed by atoms with Gasteiger partial charge in [0.1, 0.15) is 6.04 Å². The summed E-state index contributed by atoms with van der Waals surface area (Å²) in [5.41, 5.74) is 2.16. The van der Waals surface area contributed by atoms with Crippen molar-refractivity contribution >= 4 is 27.6 Å². The van der Waals surface area contributed by atoms with E-state index in [-0.39, 0.29) is 23.3 Å². The molecule has 0 aromatic heterocycles. The molecule has 2 aromatic rings. The number of hydrogen-bond donors (Lipinski definition) is 2. The van der Waals surface area contributed by atoms with Crippen molar-refractivity contribution in [3.05, 3.63) is 59.7 Å². The Kier molecular flexibility index (Phi) is 5.53. The third kappa shape index (κ3) is 4.07. The van der Waals surface area contributed by atoms with Crippen LogP contribution in [0.25, 0.3) is 0 Å². The Morgan fingerprint density at radius 2 is 1.89 bits per heavy atom. The summed E-state index contributed by atoms with van der Waals surface area (Å²) in [4.78, 5) is 25.0. The van der Waals surface area contributed by atoms with Gasteiger partial charge in [0.05, 0.1) is 4.90 Å². The maximum atomic E-state index is 12.8. The maximum absolute atomic E-state index is 12.8. The topological polar surface area (TPSA) is 104 Å². The molecule has 1 aliphatic heterocycles. The standard InChI is InChI=1S/C20H22N2O5S/c1-13-10-16-12-17(8-9-19(16)22(13)14(2)23)28(26,27)21-18(20(24)25)11-15-6-4-3-5-7-15/h3-9,12-13,18,21H,10-11H2,1-2H3,(H,24,25). The summed E-state index contributed by atoms with van der Waals surface area (Å²) in [6.07, 6.45) is 0.583. The second-order valence-electron chi connectivity index (χ2n) is 6.93. The van der Waals surface area contributed by atoms with Crippen LogP contribution in [0.2, 0.25) is 0 Å². The molecule has 3 rings (SSSR count). The zero-order valence-corrected chi connectivity index (χ0v) is 16.4. The minimum absolute atomic E-state index is 0.0110. The molecule has 28 heavy (non-hydrogen) atoms. The molecular weight excluding hydrogens is 380 g/mol. The van der Waals surface area contributed by atoms with Crippen molar-refractivity contribution in [3.8, 4) is 0 Å². The Morgan fingerprint density at radius 3 is 2.50 bits per heavy atom. The number of nitrogens with zero attached hydrogens (tertiary/aromatic N) is 1. The van der Waals surface area contributed by atoms with E-state index in [1.807, 2.05) is 6.92 Å². The lowest BCUT2D eigenvalue weighted by Crippen LogP contribution is -2.42. The normalized spacial score (nSPS) is 17.2. The highest BCUT2D eigenvalue weighted by Crippen LogP contribution is 2.33. The van der Waals surface area contributed by atoms with Crippen LogP contribution in [0.4, 0.5) is 5.69 Å². The van der Waals surface area contributed by atoms with Crippen molar-refractivity contribution in [2.45, 2.75) is 43.7 Å². The Bertz CT molecular complexity index is 1000. The maximum Gasteiger partial charge on any atom is 0.322 e. The molecule has 1 aliphatic rings. The molecule has 0 bridgehead atoms. The molecule has 0 radical (unpaired) electrons. The zero-order chi connectivity index (χ0) is 20.5. The molecule has 0 spiro atoms. The van der Waals surface area contributed by atoms with Crippen LogP contribution in [0, 0.1) is 0 Å². The molecular formula is C20H22N2O5S. The number of anilines is 1. The highest BCUT2D eigenvalue weighted by atomic mass is 32.2. The number of carboxylic acids is 1. The first-order valence-corrected chi connectivity index (χ1v) is 10.4. The SMILES string of the molecule is CC(=O)N1c2ccc(S(=O)(=O)NC(Cc3ccccc3)C(=O)O)cc2CC1C. The fourth-order valence-corrected chi connectivity index (χ4v) is 4.78. The fraction of sp³-hybridized carbons (Fsp3) is 0.300. The molecule has 8 heteroatoms. The first-order chi connectivity index (χ1) is 13.2. The lowest BCUT2D eigenvalue weighted by molar-refractivity contribution is -0.138. The van der Waals surface area contributed by atoms with Crippen molar-refractivity contribution in [1.82, 2.24) is 4.72 Å². The van der Waals surface area contributed by atoms with Gasteiger partial charge in [0, 0.05) is 18.7 Å². The van der Waals surface area contributed by atoms with E-state index in [1.54, 1.807) is 41.3 Å². The van der Waals surface area contributed by atoms with Crippen molar-refractivity contribution in [2.24, 2.45) is 0 Å². The molecule has 0 saturated carbocycles. The average Bonchev–Trinajstić information content (AvgIpc) is 2.96. The minimum atomic E-state index is -4.04. The predicted molar refractivity (Wildman–Crippen MR) is 105 cm³/mol. The van der Waals surface area contributed by atoms with Crippen molar-refractivity contribution < 1.29 is 23.1 Å². The summed E-state index contributed by atoms with van der Waals surface area (Å²) < 4.78 is 27.8. The van der Waals surface area contributed by atoms with E-state index in [9.17, 15) is 23.1 Å². The lowest BCUT2D eigenvalue weighted by atomic mass is 10.1. The van der Waals surface area contributed by atoms with Crippen LogP contribution in [-0.2, 0) is 32.5 Å². The highest BCUT2D eigenvalue weighted by molar-refractivity contribution is 7.89. The van der Waals surface area contributed by atoms with Crippen molar-refractivity contribution in [1.29, 1.82) is 0 Å². The summed E-state index contributed by atoms with van der Waals surface area (Å²) in [5, 5.41) is 9.46. The van der Waals surface area contributed by atoms with Gasteiger partial charge in [-0.1, -0.05) is 30.3 Å². The number of fused-ring (bicyclic) bond motifs is 1. The van der Waals surface area contributed by atoms with Crippen LogP contribution >= 0.6 is 0 Å². The number of carbonyl (C=O) groups is 2. The molecule has 2 aromatic carbocycles. The monoisotopic (exact) mass is 402 g/mol. The van der Waals surface area contributed by atoms with Gasteiger partial charge >= 0.3 is 5.97 Å². The third-order valence-electron chi connectivity index (χ3n) is 4.79. The van der Waals surface area contributed by atoms with Gasteiger partial charge in [-0.2, -0.15) is 4.72 Å². The Hall–Kier alpha value is -2.71. The number of nitrogens with one attached hydrogen (secondary N) is 1. The largest absolute Gasteiger partial charge is 0.480 e. The predicted octanol–water partition coefficient (Wildman–Crippen LogP) is 1.96. The molecule has 1 amide bonds. The van der Waals surface area contributed by atoms with E-state index in [1.165, 1.54) is 19.1 Å². The van der Waals surface area contributed by atoms with Crippen LogP contribution in [0.15, 0.2) is 53.4 Å². The molecule has 7 nitrogen and oxygen atoms in total. The van der Waals surface area contributed by atoms with Gasteiger partial charge < -0.3 is 10.0 Å². The van der Waals surface area contributed by atoms with Crippen molar-refractivity contribution in [2.75, 3.05) is 4.90 Å². The Balaban J connectivity index is 1.85. The lowest BCUT2D eigenvalue weighted by Gasteiger charge is -2.20. The van der Waals surface area contributed by atoms with Gasteiger partial charge in [0.25, 0.3) is 0 Å². The van der Waals surface area contributed by atoms with Crippen LogP contribution in [0.1, 0.15) is 25.0 Å². The molecule has 0 aliphatic carbocycles. The Morgan fingerprint density at radius 1 is 1.21 bits per heavy atom. The third-order valence-corrected chi connectivity index (χ3v) is 6.26. The molecule has 1 heterocycles. The summed E-state index contributed by atoms with van der Waals surface area (Å²) in [7, 11) is -4.04. The number of sulfonamides is 1. The van der Waals surface area contributed by atoms with E-state index < -0.39 is 22.0 Å². The fourth-order valence-electron chi connectivity index (χ4n) is 3.54. The van der Waals surface area contributed by atoms with Gasteiger partial charge in [-0.3, -0.25) is 9.59 Å². The number of hydrogen-bond acceptors (Lipinski definition) is 4. The number of aliphatic carboxylic acids is 1. The van der Waals surface area contributed by atoms with Crippen LogP contribution < -0.4 is 9.62 Å². The number of carbonyl (C=O) groups excluding carboxylic acids is 1. The van der Waals surface area contributed by atoms with Crippen LogP contribution in [0.5, 0.6) is 0 Å². The molecule has 0 fully saturated rings. The van der Waals surface area contributed by atoms with E-state index in [4.69, 9.17) is 0 Å². The molecule has 2 N–H and O–H groups in total. The first kappa shape index (κ1) is 20.0. The summed E-state index contributed by atoms with van der Waals surface area (Å²) in [5.74, 6) is -1.35. The van der Waals surface area contributed by atoms with E-state index in [0.29, 0.717) is 12.1 Å². The Labute approximate surface area is 164 Å². The summed E-state index contributed by atoms with van der Waals surface area (Å²) >= 11 is 0. The van der Waals surface area contributed by atoms with Crippen molar-refractivity contribution in [3.63, 3.8) is 0 Å². The zero-order valence-electron chi connectivity index (χ0n) is 15.6. The van der Waals surface area contributed by atoms with Gasteiger partial charge in [0.2, 0.25) is 15.9 Å². The average molecular weight is 402 g/mol. The summed E-state index contributed by atoms with van der Waals surface area (Å²) in [6.45, 7) is 3.37. The number of benzene rings is 2. The highest BCUT2D eigenvalue weighted by Gasteiger charge is 2.31. The molecule has 2 atom stereocenters. The van der Waals surface area contributed by atoms with Gasteiger partial charge in [-0.25, -0.2) is 8.42 Å². The minimum Gasteiger partial charge on any atom is -0.480 e. The quantitative estimate of drug-likeness (QED) is 0.769. The van der Waals surface area contributed by atoms with E-state index >= 15 is 0 Å². The molecule has 0 saturated heterocycles. The first-order valence-electron chi connectivity index (χ1n) is 8.91. The van der Waals surface area contributed by atoms with Gasteiger partial charge in [-0.15, -0.1) is 0 Å². The summed E-state index contributed by atoms with van der Waals surface area (Å²) in [6, 6.07) is 12.0. The van der Waals surface area contributed by atoms with E-state index in [2.05, 4.69) is 4.72 Å². The number of carboxylic acid groups (broad SMARTS) is 1. The second-order valence-corrected chi connectivity index (χ2v) is 8.65. The van der Waals surface area contributed by atoms with Crippen LogP contribution in [-0.4, -0.2) is 37.5 Å². The number of amides is 1.